The number of rotatable bonds is 6. The Morgan fingerprint density at radius 3 is 2.87 bits per heavy atom. The highest BCUT2D eigenvalue weighted by Crippen LogP contribution is 2.27. The van der Waals surface area contributed by atoms with Crippen molar-refractivity contribution in [2.45, 2.75) is 26.5 Å². The predicted octanol–water partition coefficient (Wildman–Crippen LogP) is 3.30. The average molecular weight is 373 g/mol. The maximum absolute atomic E-state index is 10.2. The summed E-state index contributed by atoms with van der Waals surface area (Å²) in [6.07, 6.45) is -0.643. The van der Waals surface area contributed by atoms with E-state index in [0.717, 1.165) is 28.1 Å². The number of thiazole rings is 1. The number of thiophene rings is 1. The van der Waals surface area contributed by atoms with Crippen molar-refractivity contribution in [3.63, 3.8) is 0 Å². The van der Waals surface area contributed by atoms with Crippen LogP contribution in [0.4, 0.5) is 0 Å². The standard InChI is InChI=1S/C15H21ClN4OS2/c1-4-17-15(20(3)8-11-9-22-10(2)19-11)18-7-12(21)13-5-6-14(16)23-13/h5-6,9,12,21H,4,7-8H2,1-3H3,(H,17,18). The molecule has 0 aliphatic carbocycles. The van der Waals surface area contributed by atoms with Gasteiger partial charge in [0.05, 0.1) is 28.1 Å². The van der Waals surface area contributed by atoms with Crippen LogP contribution in [0.1, 0.15) is 28.6 Å². The fraction of sp³-hybridized carbons (Fsp3) is 0.467. The summed E-state index contributed by atoms with van der Waals surface area (Å²) in [6, 6.07) is 3.62. The lowest BCUT2D eigenvalue weighted by molar-refractivity contribution is 0.190. The maximum Gasteiger partial charge on any atom is 0.194 e. The van der Waals surface area contributed by atoms with Gasteiger partial charge in [0.15, 0.2) is 5.96 Å². The molecule has 2 aromatic rings. The van der Waals surface area contributed by atoms with Crippen LogP contribution in [0.3, 0.4) is 0 Å². The number of aromatic nitrogens is 1. The third-order valence-electron chi connectivity index (χ3n) is 3.10. The van der Waals surface area contributed by atoms with Crippen molar-refractivity contribution in [2.75, 3.05) is 20.1 Å². The number of aliphatic hydroxyl groups is 1. The molecule has 5 nitrogen and oxygen atoms in total. The lowest BCUT2D eigenvalue weighted by atomic mass is 10.3. The van der Waals surface area contributed by atoms with Gasteiger partial charge in [-0.1, -0.05) is 11.6 Å². The van der Waals surface area contributed by atoms with Gasteiger partial charge in [0.1, 0.15) is 6.10 Å². The molecule has 0 saturated heterocycles. The highest BCUT2D eigenvalue weighted by atomic mass is 35.5. The molecule has 0 aliphatic heterocycles. The first kappa shape index (κ1) is 18.2. The van der Waals surface area contributed by atoms with E-state index in [2.05, 4.69) is 20.7 Å². The van der Waals surface area contributed by atoms with E-state index in [0.29, 0.717) is 17.4 Å². The summed E-state index contributed by atoms with van der Waals surface area (Å²) in [5, 5.41) is 16.6. The first-order valence-electron chi connectivity index (χ1n) is 7.33. The number of aryl methyl sites for hydroxylation is 1. The van der Waals surface area contributed by atoms with E-state index in [1.165, 1.54) is 11.3 Å². The molecule has 0 aromatic carbocycles. The number of aliphatic imine (C=N–C) groups is 1. The zero-order valence-electron chi connectivity index (χ0n) is 13.4. The van der Waals surface area contributed by atoms with Crippen molar-refractivity contribution in [1.82, 2.24) is 15.2 Å². The molecule has 1 atom stereocenters. The van der Waals surface area contributed by atoms with Gasteiger partial charge in [0.25, 0.3) is 0 Å². The van der Waals surface area contributed by atoms with E-state index in [4.69, 9.17) is 11.6 Å². The molecule has 0 fully saturated rings. The molecule has 2 aromatic heterocycles. The summed E-state index contributed by atoms with van der Waals surface area (Å²) in [4.78, 5) is 11.8. The molecule has 2 N–H and O–H groups in total. The molecule has 8 heteroatoms. The number of hydrogen-bond acceptors (Lipinski definition) is 5. The highest BCUT2D eigenvalue weighted by molar-refractivity contribution is 7.16. The van der Waals surface area contributed by atoms with Crippen LogP contribution in [0.5, 0.6) is 0 Å². The quantitative estimate of drug-likeness (QED) is 0.603. The van der Waals surface area contributed by atoms with Crippen LogP contribution in [-0.4, -0.2) is 41.1 Å². The Bertz CT molecular complexity index is 655. The van der Waals surface area contributed by atoms with Crippen LogP contribution < -0.4 is 5.32 Å². The second-order valence-corrected chi connectivity index (χ2v) is 7.88. The molecule has 0 spiro atoms. The topological polar surface area (TPSA) is 60.8 Å². The number of nitrogens with one attached hydrogen (secondary N) is 1. The Labute approximate surface area is 149 Å². The van der Waals surface area contributed by atoms with Crippen molar-refractivity contribution >= 4 is 40.2 Å². The van der Waals surface area contributed by atoms with Gasteiger partial charge in [0.2, 0.25) is 0 Å². The largest absolute Gasteiger partial charge is 0.386 e. The number of halogens is 1. The van der Waals surface area contributed by atoms with E-state index in [9.17, 15) is 5.11 Å². The fourth-order valence-corrected chi connectivity index (χ4v) is 3.68. The highest BCUT2D eigenvalue weighted by Gasteiger charge is 2.12. The Balaban J connectivity index is 2.00. The van der Waals surface area contributed by atoms with Crippen LogP contribution in [0.2, 0.25) is 4.34 Å². The lowest BCUT2D eigenvalue weighted by Crippen LogP contribution is -2.38. The molecular weight excluding hydrogens is 352 g/mol. The van der Waals surface area contributed by atoms with E-state index in [1.807, 2.05) is 31.9 Å². The first-order valence-corrected chi connectivity index (χ1v) is 9.40. The summed E-state index contributed by atoms with van der Waals surface area (Å²) >= 11 is 8.92. The number of guanidine groups is 1. The Kier molecular flexibility index (Phi) is 6.83. The Morgan fingerprint density at radius 1 is 1.52 bits per heavy atom. The van der Waals surface area contributed by atoms with Crippen LogP contribution >= 0.6 is 34.3 Å². The molecule has 1 unspecified atom stereocenters. The molecule has 2 heterocycles. The minimum Gasteiger partial charge on any atom is -0.386 e. The van der Waals surface area contributed by atoms with Crippen LogP contribution in [0.25, 0.3) is 0 Å². The van der Waals surface area contributed by atoms with E-state index in [-0.39, 0.29) is 0 Å². The van der Waals surface area contributed by atoms with Gasteiger partial charge in [-0.15, -0.1) is 22.7 Å². The van der Waals surface area contributed by atoms with Crippen molar-refractivity contribution in [2.24, 2.45) is 4.99 Å². The van der Waals surface area contributed by atoms with Gasteiger partial charge in [0, 0.05) is 23.8 Å². The summed E-state index contributed by atoms with van der Waals surface area (Å²) in [5.41, 5.74) is 1.02. The number of hydrogen-bond donors (Lipinski definition) is 2. The van der Waals surface area contributed by atoms with Crippen molar-refractivity contribution in [3.8, 4) is 0 Å². The molecule has 23 heavy (non-hydrogen) atoms. The minimum atomic E-state index is -0.643. The van der Waals surface area contributed by atoms with Gasteiger partial charge in [-0.2, -0.15) is 0 Å². The van der Waals surface area contributed by atoms with Crippen molar-refractivity contribution in [1.29, 1.82) is 0 Å². The van der Waals surface area contributed by atoms with Crippen molar-refractivity contribution in [3.05, 3.63) is 37.4 Å². The van der Waals surface area contributed by atoms with Gasteiger partial charge >= 0.3 is 0 Å². The zero-order chi connectivity index (χ0) is 16.8. The summed E-state index contributed by atoms with van der Waals surface area (Å²) in [5.74, 6) is 0.750. The number of nitrogens with zero attached hydrogens (tertiary/aromatic N) is 3. The molecule has 0 aliphatic rings. The third kappa shape index (κ3) is 5.46. The smallest absolute Gasteiger partial charge is 0.194 e. The molecular formula is C15H21ClN4OS2. The average Bonchev–Trinajstić information content (AvgIpc) is 3.11. The van der Waals surface area contributed by atoms with E-state index >= 15 is 0 Å². The molecule has 0 bridgehead atoms. The third-order valence-corrected chi connectivity index (χ3v) is 5.25. The van der Waals surface area contributed by atoms with Gasteiger partial charge in [-0.25, -0.2) is 4.98 Å². The predicted molar refractivity (Wildman–Crippen MR) is 98.6 cm³/mol. The maximum atomic E-state index is 10.2. The summed E-state index contributed by atoms with van der Waals surface area (Å²) in [6.45, 7) is 5.75. The van der Waals surface area contributed by atoms with E-state index < -0.39 is 6.10 Å². The Morgan fingerprint density at radius 2 is 2.30 bits per heavy atom. The second kappa shape index (κ2) is 8.63. The second-order valence-electron chi connectivity index (χ2n) is 5.07. The number of aliphatic hydroxyl groups excluding tert-OH is 1. The Hall–Kier alpha value is -1.15. The lowest BCUT2D eigenvalue weighted by Gasteiger charge is -2.21. The van der Waals surface area contributed by atoms with Crippen molar-refractivity contribution < 1.29 is 5.11 Å². The van der Waals surface area contributed by atoms with Crippen LogP contribution in [0.15, 0.2) is 22.5 Å². The monoisotopic (exact) mass is 372 g/mol. The molecule has 2 rings (SSSR count). The summed E-state index contributed by atoms with van der Waals surface area (Å²) in [7, 11) is 1.96. The molecule has 0 amide bonds. The van der Waals surface area contributed by atoms with Crippen LogP contribution in [-0.2, 0) is 6.54 Å². The SMILES string of the molecule is CCNC(=NCC(O)c1ccc(Cl)s1)N(C)Cc1csc(C)n1. The minimum absolute atomic E-state index is 0.291. The van der Waals surface area contributed by atoms with Gasteiger partial charge in [-0.05, 0) is 26.0 Å². The van der Waals surface area contributed by atoms with Crippen LogP contribution in [0, 0.1) is 6.92 Å². The molecule has 0 saturated carbocycles. The van der Waals surface area contributed by atoms with Gasteiger partial charge in [-0.3, -0.25) is 4.99 Å². The normalized spacial score (nSPS) is 13.2. The van der Waals surface area contributed by atoms with E-state index in [1.54, 1.807) is 17.4 Å². The zero-order valence-corrected chi connectivity index (χ0v) is 15.8. The summed E-state index contributed by atoms with van der Waals surface area (Å²) < 4.78 is 0.672. The molecule has 0 radical (unpaired) electrons. The first-order chi connectivity index (χ1) is 11.0. The molecule has 126 valence electrons. The van der Waals surface area contributed by atoms with Gasteiger partial charge < -0.3 is 15.3 Å². The fourth-order valence-electron chi connectivity index (χ4n) is 2.04.